The molecule has 0 saturated carbocycles. The zero-order valence-corrected chi connectivity index (χ0v) is 15.0. The number of para-hydroxylation sites is 1. The lowest BCUT2D eigenvalue weighted by molar-refractivity contribution is -0.226. The quantitative estimate of drug-likeness (QED) is 0.592. The van der Waals surface area contributed by atoms with Gasteiger partial charge in [0.2, 0.25) is 5.82 Å². The van der Waals surface area contributed by atoms with Crippen LogP contribution in [0.3, 0.4) is 0 Å². The third kappa shape index (κ3) is 3.95. The predicted molar refractivity (Wildman–Crippen MR) is 92.7 cm³/mol. The van der Waals surface area contributed by atoms with Crippen molar-refractivity contribution in [1.82, 2.24) is 9.78 Å². The van der Waals surface area contributed by atoms with Crippen molar-refractivity contribution in [2.75, 3.05) is 6.61 Å². The Bertz CT molecular complexity index is 954. The summed E-state index contributed by atoms with van der Waals surface area (Å²) in [5.41, 5.74) is 0.729. The van der Waals surface area contributed by atoms with Crippen LogP contribution in [0.1, 0.15) is 26.3 Å². The molecule has 0 saturated heterocycles. The third-order valence-electron chi connectivity index (χ3n) is 3.42. The lowest BCUT2D eigenvalue weighted by Gasteiger charge is -2.30. The van der Waals surface area contributed by atoms with Crippen LogP contribution in [-0.4, -0.2) is 28.1 Å². The molecule has 138 valence electrons. The van der Waals surface area contributed by atoms with Crippen molar-refractivity contribution >= 4 is 11.8 Å². The van der Waals surface area contributed by atoms with Crippen LogP contribution in [0.25, 0.3) is 5.69 Å². The first-order chi connectivity index (χ1) is 12.9. The fourth-order valence-corrected chi connectivity index (χ4v) is 2.29. The van der Waals surface area contributed by atoms with Crippen molar-refractivity contribution in [2.45, 2.75) is 26.6 Å². The van der Waals surface area contributed by atoms with E-state index in [2.05, 4.69) is 15.3 Å². The lowest BCUT2D eigenvalue weighted by atomic mass is 10.3. The highest BCUT2D eigenvalue weighted by atomic mass is 16.8. The number of benzene rings is 1. The first-order valence-corrected chi connectivity index (χ1v) is 8.20. The fourth-order valence-electron chi connectivity index (χ4n) is 2.29. The Labute approximate surface area is 155 Å². The van der Waals surface area contributed by atoms with Crippen molar-refractivity contribution in [3.05, 3.63) is 53.7 Å². The molecule has 0 spiro atoms. The molecule has 1 aliphatic rings. The molecule has 0 amide bonds. The van der Waals surface area contributed by atoms with Gasteiger partial charge < -0.3 is 14.2 Å². The Morgan fingerprint density at radius 3 is 2.67 bits per heavy atom. The highest BCUT2D eigenvalue weighted by molar-refractivity contribution is 5.89. The summed E-state index contributed by atoms with van der Waals surface area (Å²) in [5.74, 6) is -1.93. The van der Waals surface area contributed by atoms with Gasteiger partial charge in [0.15, 0.2) is 0 Å². The number of carbonyl (C=O) groups excluding carboxylic acids is 1. The van der Waals surface area contributed by atoms with Crippen molar-refractivity contribution in [1.29, 1.82) is 5.26 Å². The van der Waals surface area contributed by atoms with E-state index in [1.165, 1.54) is 10.9 Å². The number of hydrogen-bond donors (Lipinski definition) is 0. The largest absolute Gasteiger partial charge is 0.464 e. The highest BCUT2D eigenvalue weighted by Gasteiger charge is 2.38. The second-order valence-corrected chi connectivity index (χ2v) is 5.92. The van der Waals surface area contributed by atoms with E-state index in [9.17, 15) is 10.1 Å². The van der Waals surface area contributed by atoms with Crippen LogP contribution in [0.5, 0.6) is 0 Å². The topological polar surface area (TPSA) is 111 Å². The van der Waals surface area contributed by atoms with Crippen LogP contribution < -0.4 is 0 Å². The van der Waals surface area contributed by atoms with E-state index in [0.717, 1.165) is 5.69 Å². The van der Waals surface area contributed by atoms with Crippen molar-refractivity contribution in [3.63, 3.8) is 0 Å². The molecule has 9 nitrogen and oxygen atoms in total. The molecule has 0 fully saturated rings. The summed E-state index contributed by atoms with van der Waals surface area (Å²) >= 11 is 0. The first-order valence-electron chi connectivity index (χ1n) is 8.20. The van der Waals surface area contributed by atoms with Crippen molar-refractivity contribution in [3.8, 4) is 11.8 Å². The molecular formula is C18H17N5O4. The van der Waals surface area contributed by atoms with Crippen LogP contribution in [0.4, 0.5) is 5.82 Å². The van der Waals surface area contributed by atoms with Gasteiger partial charge in [0.1, 0.15) is 11.6 Å². The minimum atomic E-state index is -1.17. The molecule has 3 rings (SSSR count). The Kier molecular flexibility index (Phi) is 4.90. The summed E-state index contributed by atoms with van der Waals surface area (Å²) in [7, 11) is 0. The number of hydrogen-bond acceptors (Lipinski definition) is 8. The molecule has 0 radical (unpaired) electrons. The van der Waals surface area contributed by atoms with Crippen LogP contribution in [0, 0.1) is 11.3 Å². The van der Waals surface area contributed by atoms with E-state index in [1.807, 2.05) is 36.4 Å². The van der Waals surface area contributed by atoms with Gasteiger partial charge in [-0.1, -0.05) is 18.2 Å². The molecule has 9 heteroatoms. The number of cyclic esters (lactones) is 1. The van der Waals surface area contributed by atoms with Crippen molar-refractivity contribution in [2.24, 2.45) is 10.2 Å². The van der Waals surface area contributed by atoms with E-state index >= 15 is 0 Å². The van der Waals surface area contributed by atoms with Crippen LogP contribution in [0.15, 0.2) is 58.4 Å². The van der Waals surface area contributed by atoms with E-state index in [-0.39, 0.29) is 29.6 Å². The Balaban J connectivity index is 1.96. The van der Waals surface area contributed by atoms with Gasteiger partial charge in [0.25, 0.3) is 11.5 Å². The molecule has 0 atom stereocenters. The molecule has 0 bridgehead atoms. The molecule has 1 aliphatic heterocycles. The van der Waals surface area contributed by atoms with Gasteiger partial charge in [-0.3, -0.25) is 0 Å². The second kappa shape index (κ2) is 7.29. The minimum absolute atomic E-state index is 0.0577. The number of nitriles is 1. The fraction of sp³-hybridized carbons (Fsp3) is 0.278. The van der Waals surface area contributed by atoms with Gasteiger partial charge in [-0.2, -0.15) is 5.26 Å². The standard InChI is InChI=1S/C18H17N5O4/c1-4-25-17-14(16(24)26-18(2,3)27-17)20-21-15-12(10-19)11-23(22-15)13-8-6-5-7-9-13/h5-9,11H,4H2,1-3H3/b21-20+. The molecule has 0 unspecified atom stereocenters. The number of aromatic nitrogens is 2. The monoisotopic (exact) mass is 367 g/mol. The Morgan fingerprint density at radius 1 is 1.26 bits per heavy atom. The molecule has 0 aliphatic carbocycles. The summed E-state index contributed by atoms with van der Waals surface area (Å²) < 4.78 is 17.5. The second-order valence-electron chi connectivity index (χ2n) is 5.92. The number of ether oxygens (including phenoxy) is 3. The van der Waals surface area contributed by atoms with E-state index in [1.54, 1.807) is 20.8 Å². The van der Waals surface area contributed by atoms with Gasteiger partial charge in [-0.15, -0.1) is 15.3 Å². The number of carbonyl (C=O) groups is 1. The van der Waals surface area contributed by atoms with Crippen LogP contribution in [-0.2, 0) is 19.0 Å². The zero-order valence-electron chi connectivity index (χ0n) is 15.0. The van der Waals surface area contributed by atoms with E-state index in [4.69, 9.17) is 14.2 Å². The lowest BCUT2D eigenvalue weighted by Crippen LogP contribution is -2.37. The average molecular weight is 367 g/mol. The maximum Gasteiger partial charge on any atom is 0.369 e. The molecule has 2 aromatic rings. The molecular weight excluding hydrogens is 350 g/mol. The molecule has 1 aromatic heterocycles. The van der Waals surface area contributed by atoms with Crippen LogP contribution in [0.2, 0.25) is 0 Å². The molecule has 1 aromatic carbocycles. The maximum absolute atomic E-state index is 12.2. The summed E-state index contributed by atoms with van der Waals surface area (Å²) in [5, 5.41) is 21.4. The normalized spacial score (nSPS) is 16.0. The summed E-state index contributed by atoms with van der Waals surface area (Å²) in [6, 6.07) is 11.2. The number of rotatable bonds is 5. The van der Waals surface area contributed by atoms with E-state index in [0.29, 0.717) is 0 Å². The number of nitrogens with zero attached hydrogens (tertiary/aromatic N) is 5. The third-order valence-corrected chi connectivity index (χ3v) is 3.42. The van der Waals surface area contributed by atoms with Gasteiger partial charge in [-0.05, 0) is 19.1 Å². The van der Waals surface area contributed by atoms with Gasteiger partial charge in [0.05, 0.1) is 18.5 Å². The number of esters is 1. The Morgan fingerprint density at radius 2 is 2.00 bits per heavy atom. The minimum Gasteiger partial charge on any atom is -0.464 e. The van der Waals surface area contributed by atoms with Crippen LogP contribution >= 0.6 is 0 Å². The Hall–Kier alpha value is -3.67. The molecule has 0 N–H and O–H groups in total. The summed E-state index contributed by atoms with van der Waals surface area (Å²) in [6.45, 7) is 5.16. The predicted octanol–water partition coefficient (Wildman–Crippen LogP) is 3.34. The number of azo groups is 1. The molecule has 27 heavy (non-hydrogen) atoms. The first kappa shape index (κ1) is 18.1. The van der Waals surface area contributed by atoms with Gasteiger partial charge >= 0.3 is 11.9 Å². The van der Waals surface area contributed by atoms with E-state index < -0.39 is 11.8 Å². The maximum atomic E-state index is 12.2. The highest BCUT2D eigenvalue weighted by Crippen LogP contribution is 2.29. The zero-order chi connectivity index (χ0) is 19.4. The van der Waals surface area contributed by atoms with Gasteiger partial charge in [0, 0.05) is 13.8 Å². The molecule has 2 heterocycles. The smallest absolute Gasteiger partial charge is 0.369 e. The van der Waals surface area contributed by atoms with Gasteiger partial charge in [-0.25, -0.2) is 9.48 Å². The SMILES string of the molecule is CCOC1=C(/N=N/c2nn(-c3ccccc3)cc2C#N)C(=O)OC(C)(C)O1. The summed E-state index contributed by atoms with van der Waals surface area (Å²) in [4.78, 5) is 12.2. The summed E-state index contributed by atoms with van der Waals surface area (Å²) in [6.07, 6.45) is 1.53. The average Bonchev–Trinajstić information content (AvgIpc) is 3.04. The van der Waals surface area contributed by atoms with Crippen molar-refractivity contribution < 1.29 is 19.0 Å².